The first-order valence-electron chi connectivity index (χ1n) is 7.92. The Morgan fingerprint density at radius 2 is 1.96 bits per heavy atom. The molecule has 0 fully saturated rings. The number of nitrogens with zero attached hydrogens (tertiary/aromatic N) is 1. The van der Waals surface area contributed by atoms with E-state index in [1.165, 1.54) is 5.57 Å². The quantitative estimate of drug-likeness (QED) is 0.944. The monoisotopic (exact) mass is 322 g/mol. The maximum atomic E-state index is 11.9. The summed E-state index contributed by atoms with van der Waals surface area (Å²) in [4.78, 5) is 16.2. The minimum absolute atomic E-state index is 0.0568. The van der Waals surface area contributed by atoms with Gasteiger partial charge in [-0.05, 0) is 41.3 Å². The lowest BCUT2D eigenvalue weighted by Gasteiger charge is -2.20. The average Bonchev–Trinajstić information content (AvgIpc) is 2.93. The Bertz CT molecular complexity index is 843. The summed E-state index contributed by atoms with van der Waals surface area (Å²) in [5.41, 5.74) is 5.38. The second kappa shape index (κ2) is 5.67. The number of amides is 1. The minimum atomic E-state index is 0.0568. The summed E-state index contributed by atoms with van der Waals surface area (Å²) in [5.74, 6) is 1.50. The topological polar surface area (TPSA) is 60.5 Å². The molecule has 1 amide bonds. The number of carbonyl (C=O) groups excluding carboxylic acids is 1. The van der Waals surface area contributed by atoms with Crippen molar-refractivity contribution in [3.63, 3.8) is 0 Å². The van der Waals surface area contributed by atoms with Crippen LogP contribution in [-0.4, -0.2) is 25.1 Å². The number of ether oxygens (including phenoxy) is 2. The van der Waals surface area contributed by atoms with Crippen LogP contribution >= 0.6 is 0 Å². The summed E-state index contributed by atoms with van der Waals surface area (Å²) < 4.78 is 10.9. The van der Waals surface area contributed by atoms with Crippen molar-refractivity contribution in [1.82, 2.24) is 10.3 Å². The Kier molecular flexibility index (Phi) is 3.49. The summed E-state index contributed by atoms with van der Waals surface area (Å²) in [6, 6.07) is 7.97. The number of carbonyl (C=O) groups is 1. The van der Waals surface area contributed by atoms with E-state index in [9.17, 15) is 4.79 Å². The lowest BCUT2D eigenvalue weighted by atomic mass is 9.86. The normalized spacial score (nSPS) is 18.8. The molecule has 2 aromatic rings. The van der Waals surface area contributed by atoms with Gasteiger partial charge in [-0.15, -0.1) is 0 Å². The largest absolute Gasteiger partial charge is 0.493 e. The van der Waals surface area contributed by atoms with Gasteiger partial charge in [-0.2, -0.15) is 0 Å². The van der Waals surface area contributed by atoms with E-state index in [4.69, 9.17) is 9.47 Å². The molecule has 0 bridgehead atoms. The molecule has 1 aromatic carbocycles. The maximum absolute atomic E-state index is 11.9. The fourth-order valence-corrected chi connectivity index (χ4v) is 3.65. The highest BCUT2D eigenvalue weighted by atomic mass is 16.5. The Balaban J connectivity index is 1.94. The first-order chi connectivity index (χ1) is 11.7. The number of hydrogen-bond acceptors (Lipinski definition) is 4. The van der Waals surface area contributed by atoms with Gasteiger partial charge in [0.1, 0.15) is 0 Å². The number of hydrogen-bond donors (Lipinski definition) is 1. The Labute approximate surface area is 140 Å². The molecule has 1 N–H and O–H groups in total. The highest BCUT2D eigenvalue weighted by molar-refractivity contribution is 5.94. The number of methoxy groups -OCH3 is 2. The average molecular weight is 322 g/mol. The number of benzene rings is 1. The molecule has 1 atom stereocenters. The Hall–Kier alpha value is -2.82. The van der Waals surface area contributed by atoms with Crippen molar-refractivity contribution in [3.8, 4) is 11.5 Å². The fraction of sp³-hybridized carbons (Fsp3) is 0.263. The fourth-order valence-electron chi connectivity index (χ4n) is 3.65. The number of aromatic nitrogens is 1. The number of rotatable bonds is 3. The highest BCUT2D eigenvalue weighted by Gasteiger charge is 2.36. The smallest absolute Gasteiger partial charge is 0.224 e. The van der Waals surface area contributed by atoms with Crippen LogP contribution in [-0.2, 0) is 4.79 Å². The zero-order valence-corrected chi connectivity index (χ0v) is 13.6. The van der Waals surface area contributed by atoms with Crippen molar-refractivity contribution < 1.29 is 14.3 Å². The zero-order chi connectivity index (χ0) is 16.7. The summed E-state index contributed by atoms with van der Waals surface area (Å²) in [6.07, 6.45) is 4.92. The van der Waals surface area contributed by atoms with Gasteiger partial charge < -0.3 is 14.8 Å². The first-order valence-corrected chi connectivity index (χ1v) is 7.92. The molecule has 5 heteroatoms. The SMILES string of the molecule is COc1cc2c(cc1OC)C(c1cccnc1)C1=C2NC(=O)CC1. The summed E-state index contributed by atoms with van der Waals surface area (Å²) in [5, 5.41) is 3.05. The van der Waals surface area contributed by atoms with E-state index < -0.39 is 0 Å². The molecule has 5 nitrogen and oxygen atoms in total. The zero-order valence-electron chi connectivity index (χ0n) is 13.6. The van der Waals surface area contributed by atoms with Crippen molar-refractivity contribution in [1.29, 1.82) is 0 Å². The molecule has 0 saturated heterocycles. The molecule has 2 aliphatic rings. The van der Waals surface area contributed by atoms with Gasteiger partial charge in [-0.25, -0.2) is 0 Å². The molecule has 1 unspecified atom stereocenters. The van der Waals surface area contributed by atoms with E-state index in [1.54, 1.807) is 20.4 Å². The van der Waals surface area contributed by atoms with Crippen molar-refractivity contribution in [3.05, 3.63) is 58.9 Å². The lowest BCUT2D eigenvalue weighted by molar-refractivity contribution is -0.120. The van der Waals surface area contributed by atoms with Crippen molar-refractivity contribution in [2.45, 2.75) is 18.8 Å². The number of nitrogens with one attached hydrogen (secondary N) is 1. The highest BCUT2D eigenvalue weighted by Crippen LogP contribution is 2.50. The number of allylic oxidation sites excluding steroid dienone is 1. The van der Waals surface area contributed by atoms with Gasteiger partial charge in [0.2, 0.25) is 5.91 Å². The van der Waals surface area contributed by atoms with Gasteiger partial charge in [-0.1, -0.05) is 6.07 Å². The molecule has 2 heterocycles. The molecule has 4 rings (SSSR count). The third kappa shape index (κ3) is 2.16. The van der Waals surface area contributed by atoms with Crippen molar-refractivity contribution >= 4 is 11.6 Å². The summed E-state index contributed by atoms with van der Waals surface area (Å²) >= 11 is 0. The maximum Gasteiger partial charge on any atom is 0.224 e. The van der Waals surface area contributed by atoms with Crippen molar-refractivity contribution in [2.75, 3.05) is 14.2 Å². The van der Waals surface area contributed by atoms with Gasteiger partial charge in [-0.3, -0.25) is 9.78 Å². The minimum Gasteiger partial charge on any atom is -0.493 e. The summed E-state index contributed by atoms with van der Waals surface area (Å²) in [7, 11) is 3.25. The molecule has 1 aliphatic carbocycles. The number of pyridine rings is 1. The van der Waals surface area contributed by atoms with Gasteiger partial charge >= 0.3 is 0 Å². The van der Waals surface area contributed by atoms with Crippen LogP contribution in [0.25, 0.3) is 5.70 Å². The summed E-state index contributed by atoms with van der Waals surface area (Å²) in [6.45, 7) is 0. The van der Waals surface area contributed by atoms with E-state index in [-0.39, 0.29) is 11.8 Å². The van der Waals surface area contributed by atoms with Gasteiger partial charge in [0, 0.05) is 36.0 Å². The van der Waals surface area contributed by atoms with Gasteiger partial charge in [0.05, 0.1) is 14.2 Å². The molecule has 1 aromatic heterocycles. The van der Waals surface area contributed by atoms with Gasteiger partial charge in [0.25, 0.3) is 0 Å². The lowest BCUT2D eigenvalue weighted by Crippen LogP contribution is -2.26. The van der Waals surface area contributed by atoms with E-state index in [0.717, 1.165) is 28.8 Å². The van der Waals surface area contributed by atoms with Crippen LogP contribution < -0.4 is 14.8 Å². The van der Waals surface area contributed by atoms with Crippen LogP contribution in [0.5, 0.6) is 11.5 Å². The van der Waals surface area contributed by atoms with Crippen LogP contribution in [0, 0.1) is 0 Å². The van der Waals surface area contributed by atoms with Gasteiger partial charge in [0.15, 0.2) is 11.5 Å². The molecule has 1 aliphatic heterocycles. The molecule has 24 heavy (non-hydrogen) atoms. The van der Waals surface area contributed by atoms with Crippen LogP contribution in [0.3, 0.4) is 0 Å². The van der Waals surface area contributed by atoms with Crippen LogP contribution in [0.1, 0.15) is 35.4 Å². The second-order valence-corrected chi connectivity index (χ2v) is 5.96. The second-order valence-electron chi connectivity index (χ2n) is 5.96. The van der Waals surface area contributed by atoms with E-state index >= 15 is 0 Å². The number of fused-ring (bicyclic) bond motifs is 2. The molecular weight excluding hydrogens is 304 g/mol. The Morgan fingerprint density at radius 1 is 1.17 bits per heavy atom. The predicted octanol–water partition coefficient (Wildman–Crippen LogP) is 2.87. The van der Waals surface area contributed by atoms with Crippen LogP contribution in [0.4, 0.5) is 0 Å². The standard InChI is InChI=1S/C19H18N2O3/c1-23-15-8-13-14(9-16(15)24-2)19-12(5-6-17(22)21-19)18(13)11-4-3-7-20-10-11/h3-4,7-10,18H,5-6H2,1-2H3,(H,21,22). The van der Waals surface area contributed by atoms with E-state index in [1.807, 2.05) is 24.4 Å². The first kappa shape index (κ1) is 14.8. The molecule has 122 valence electrons. The Morgan fingerprint density at radius 3 is 2.67 bits per heavy atom. The predicted molar refractivity (Wildman–Crippen MR) is 89.9 cm³/mol. The van der Waals surface area contributed by atoms with Crippen LogP contribution in [0.15, 0.2) is 42.2 Å². The molecule has 0 radical (unpaired) electrons. The van der Waals surface area contributed by atoms with E-state index in [2.05, 4.69) is 16.4 Å². The molecular formula is C19H18N2O3. The third-order valence-corrected chi connectivity index (χ3v) is 4.71. The third-order valence-electron chi connectivity index (χ3n) is 4.71. The van der Waals surface area contributed by atoms with Crippen molar-refractivity contribution in [2.24, 2.45) is 0 Å². The molecule has 0 spiro atoms. The van der Waals surface area contributed by atoms with E-state index in [0.29, 0.717) is 17.9 Å². The molecule has 0 saturated carbocycles. The van der Waals surface area contributed by atoms with Crippen LogP contribution in [0.2, 0.25) is 0 Å².